The molecule has 2 fully saturated rings. The molecule has 0 heterocycles. The zero-order valence-electron chi connectivity index (χ0n) is 8.54. The first kappa shape index (κ1) is 9.23. The average molecular weight is 179 g/mol. The zero-order chi connectivity index (χ0) is 8.93. The Hall–Kier alpha value is -0.330. The molecule has 74 valence electrons. The van der Waals surface area contributed by atoms with Crippen molar-refractivity contribution in [3.63, 3.8) is 0 Å². The smallest absolute Gasteiger partial charge is 0.0495 e. The fourth-order valence-electron chi connectivity index (χ4n) is 2.58. The van der Waals surface area contributed by atoms with Crippen molar-refractivity contribution in [2.45, 2.75) is 63.8 Å². The van der Waals surface area contributed by atoms with Gasteiger partial charge in [0.05, 0.1) is 0 Å². The Kier molecular flexibility index (Phi) is 3.40. The van der Waals surface area contributed by atoms with Gasteiger partial charge in [0, 0.05) is 12.3 Å². The maximum absolute atomic E-state index is 4.74. The lowest BCUT2D eigenvalue weighted by atomic mass is 9.96. The predicted octanol–water partition coefficient (Wildman–Crippen LogP) is 3.58. The van der Waals surface area contributed by atoms with Crippen LogP contribution >= 0.6 is 0 Å². The number of hydrogen-bond acceptors (Lipinski definition) is 1. The highest BCUT2D eigenvalue weighted by Gasteiger charge is 2.14. The molecule has 0 bridgehead atoms. The first-order valence-corrected chi connectivity index (χ1v) is 5.98. The molecule has 0 spiro atoms. The van der Waals surface area contributed by atoms with E-state index < -0.39 is 0 Å². The molecule has 2 aliphatic rings. The van der Waals surface area contributed by atoms with E-state index in [1.54, 1.807) is 0 Å². The Morgan fingerprint density at radius 2 is 1.38 bits per heavy atom. The summed E-state index contributed by atoms with van der Waals surface area (Å²) in [7, 11) is 0. The van der Waals surface area contributed by atoms with E-state index in [0.29, 0.717) is 6.04 Å². The van der Waals surface area contributed by atoms with Crippen LogP contribution in [0.25, 0.3) is 0 Å². The van der Waals surface area contributed by atoms with Crippen LogP contribution in [-0.2, 0) is 0 Å². The first-order valence-electron chi connectivity index (χ1n) is 5.98. The molecule has 0 unspecified atom stereocenters. The Bertz CT molecular complexity index is 162. The molecule has 2 aliphatic carbocycles. The monoisotopic (exact) mass is 179 g/mol. The number of rotatable bonds is 2. The second-order valence-corrected chi connectivity index (χ2v) is 4.63. The maximum Gasteiger partial charge on any atom is 0.0495 e. The third kappa shape index (κ3) is 2.82. The van der Waals surface area contributed by atoms with Crippen LogP contribution in [0, 0.1) is 5.92 Å². The third-order valence-corrected chi connectivity index (χ3v) is 3.48. The van der Waals surface area contributed by atoms with Gasteiger partial charge in [-0.15, -0.1) is 0 Å². The molecular formula is C12H21N. The van der Waals surface area contributed by atoms with Gasteiger partial charge < -0.3 is 0 Å². The SMILES string of the molecule is C(=NC1CCCCC1)C1CCCC1. The highest BCUT2D eigenvalue weighted by atomic mass is 14.8. The van der Waals surface area contributed by atoms with Crippen LogP contribution in [0.15, 0.2) is 4.99 Å². The molecule has 13 heavy (non-hydrogen) atoms. The molecule has 0 saturated heterocycles. The molecule has 0 aromatic heterocycles. The Labute approximate surface area is 81.6 Å². The van der Waals surface area contributed by atoms with Crippen LogP contribution in [-0.4, -0.2) is 12.3 Å². The van der Waals surface area contributed by atoms with E-state index in [9.17, 15) is 0 Å². The molecule has 1 nitrogen and oxygen atoms in total. The third-order valence-electron chi connectivity index (χ3n) is 3.48. The van der Waals surface area contributed by atoms with E-state index >= 15 is 0 Å². The summed E-state index contributed by atoms with van der Waals surface area (Å²) in [6.45, 7) is 0. The Morgan fingerprint density at radius 1 is 0.769 bits per heavy atom. The number of hydrogen-bond donors (Lipinski definition) is 0. The molecule has 1 heteroatoms. The second-order valence-electron chi connectivity index (χ2n) is 4.63. The summed E-state index contributed by atoms with van der Waals surface area (Å²) in [5, 5.41) is 0. The molecule has 0 radical (unpaired) electrons. The van der Waals surface area contributed by atoms with Gasteiger partial charge in [0.1, 0.15) is 0 Å². The molecule has 2 rings (SSSR count). The van der Waals surface area contributed by atoms with Crippen molar-refractivity contribution in [1.29, 1.82) is 0 Å². The predicted molar refractivity (Wildman–Crippen MR) is 57.3 cm³/mol. The zero-order valence-corrected chi connectivity index (χ0v) is 8.54. The standard InChI is InChI=1S/C12H21N/c1-2-8-12(9-3-1)13-10-11-6-4-5-7-11/h10-12H,1-9H2. The minimum atomic E-state index is 0.689. The number of aliphatic imine (C=N–C) groups is 1. The van der Waals surface area contributed by atoms with Gasteiger partial charge in [0.15, 0.2) is 0 Å². The summed E-state index contributed by atoms with van der Waals surface area (Å²) in [5.41, 5.74) is 0. The average Bonchev–Trinajstić information content (AvgIpc) is 2.69. The number of nitrogens with zero attached hydrogens (tertiary/aromatic N) is 1. The minimum Gasteiger partial charge on any atom is -0.294 e. The van der Waals surface area contributed by atoms with Gasteiger partial charge in [-0.25, -0.2) is 0 Å². The minimum absolute atomic E-state index is 0.689. The van der Waals surface area contributed by atoms with Crippen molar-refractivity contribution < 1.29 is 0 Å². The van der Waals surface area contributed by atoms with E-state index in [-0.39, 0.29) is 0 Å². The molecule has 0 aliphatic heterocycles. The fraction of sp³-hybridized carbons (Fsp3) is 0.917. The molecule has 0 amide bonds. The lowest BCUT2D eigenvalue weighted by Crippen LogP contribution is -2.10. The lowest BCUT2D eigenvalue weighted by molar-refractivity contribution is 0.442. The van der Waals surface area contributed by atoms with Crippen LogP contribution < -0.4 is 0 Å². The normalized spacial score (nSPS) is 27.4. The van der Waals surface area contributed by atoms with Gasteiger partial charge in [0.2, 0.25) is 0 Å². The molecule has 2 saturated carbocycles. The van der Waals surface area contributed by atoms with Gasteiger partial charge >= 0.3 is 0 Å². The summed E-state index contributed by atoms with van der Waals surface area (Å²) in [5.74, 6) is 0.835. The van der Waals surface area contributed by atoms with Crippen molar-refractivity contribution in [3.8, 4) is 0 Å². The molecule has 0 aromatic rings. The first-order chi connectivity index (χ1) is 6.45. The van der Waals surface area contributed by atoms with Crippen molar-refractivity contribution in [2.75, 3.05) is 0 Å². The fourth-order valence-corrected chi connectivity index (χ4v) is 2.58. The van der Waals surface area contributed by atoms with E-state index in [0.717, 1.165) is 5.92 Å². The van der Waals surface area contributed by atoms with Gasteiger partial charge in [-0.2, -0.15) is 0 Å². The molecule has 0 aromatic carbocycles. The summed E-state index contributed by atoms with van der Waals surface area (Å²) in [4.78, 5) is 4.74. The Morgan fingerprint density at radius 3 is 2.08 bits per heavy atom. The van der Waals surface area contributed by atoms with Crippen LogP contribution in [0.1, 0.15) is 57.8 Å². The van der Waals surface area contributed by atoms with Crippen molar-refractivity contribution in [1.82, 2.24) is 0 Å². The van der Waals surface area contributed by atoms with E-state index in [2.05, 4.69) is 6.21 Å². The second kappa shape index (κ2) is 4.78. The van der Waals surface area contributed by atoms with Crippen LogP contribution in [0.4, 0.5) is 0 Å². The van der Waals surface area contributed by atoms with E-state index in [1.165, 1.54) is 57.8 Å². The van der Waals surface area contributed by atoms with E-state index in [1.807, 2.05) is 0 Å². The summed E-state index contributed by atoms with van der Waals surface area (Å²) >= 11 is 0. The maximum atomic E-state index is 4.74. The molecular weight excluding hydrogens is 158 g/mol. The topological polar surface area (TPSA) is 12.4 Å². The lowest BCUT2D eigenvalue weighted by Gasteiger charge is -2.17. The highest BCUT2D eigenvalue weighted by molar-refractivity contribution is 5.61. The van der Waals surface area contributed by atoms with Gasteiger partial charge in [0.25, 0.3) is 0 Å². The van der Waals surface area contributed by atoms with Gasteiger partial charge in [-0.1, -0.05) is 32.1 Å². The Balaban J connectivity index is 1.74. The van der Waals surface area contributed by atoms with E-state index in [4.69, 9.17) is 4.99 Å². The largest absolute Gasteiger partial charge is 0.294 e. The summed E-state index contributed by atoms with van der Waals surface area (Å²) < 4.78 is 0. The summed E-state index contributed by atoms with van der Waals surface area (Å²) in [6, 6.07) is 0.689. The molecule has 0 N–H and O–H groups in total. The van der Waals surface area contributed by atoms with Gasteiger partial charge in [-0.05, 0) is 31.6 Å². The van der Waals surface area contributed by atoms with Crippen molar-refractivity contribution >= 4 is 6.21 Å². The van der Waals surface area contributed by atoms with Crippen molar-refractivity contribution in [2.24, 2.45) is 10.9 Å². The molecule has 0 atom stereocenters. The van der Waals surface area contributed by atoms with Crippen LogP contribution in [0.2, 0.25) is 0 Å². The van der Waals surface area contributed by atoms with Crippen LogP contribution in [0.3, 0.4) is 0 Å². The van der Waals surface area contributed by atoms with Gasteiger partial charge in [-0.3, -0.25) is 4.99 Å². The summed E-state index contributed by atoms with van der Waals surface area (Å²) in [6.07, 6.45) is 14.9. The van der Waals surface area contributed by atoms with Crippen molar-refractivity contribution in [3.05, 3.63) is 0 Å². The highest BCUT2D eigenvalue weighted by Crippen LogP contribution is 2.24. The quantitative estimate of drug-likeness (QED) is 0.574. The van der Waals surface area contributed by atoms with Crippen LogP contribution in [0.5, 0.6) is 0 Å².